The molecule has 21 heavy (non-hydrogen) atoms. The molecule has 1 heterocycles. The van der Waals surface area contributed by atoms with Gasteiger partial charge in [-0.2, -0.15) is 18.3 Å². The van der Waals surface area contributed by atoms with Crippen LogP contribution in [0.5, 0.6) is 0 Å². The van der Waals surface area contributed by atoms with E-state index in [1.165, 1.54) is 12.1 Å². The molecule has 2 rings (SSSR count). The Kier molecular flexibility index (Phi) is 4.67. The average Bonchev–Trinajstić information content (AvgIpc) is 2.83. The highest BCUT2D eigenvalue weighted by molar-refractivity contribution is 5.27. The number of nitrogens with zero attached hydrogens (tertiary/aromatic N) is 2. The van der Waals surface area contributed by atoms with Gasteiger partial charge in [0.25, 0.3) is 0 Å². The minimum Gasteiger partial charge on any atom is -0.310 e. The Hall–Kier alpha value is -1.82. The third-order valence-corrected chi connectivity index (χ3v) is 3.34. The summed E-state index contributed by atoms with van der Waals surface area (Å²) in [6, 6.07) is 5.30. The molecule has 6 heteroatoms. The number of nitrogens with one attached hydrogen (secondary N) is 1. The van der Waals surface area contributed by atoms with E-state index in [2.05, 4.69) is 10.4 Å². The van der Waals surface area contributed by atoms with Crippen LogP contribution in [0, 0.1) is 0 Å². The predicted molar refractivity (Wildman–Crippen MR) is 74.8 cm³/mol. The third kappa shape index (κ3) is 4.32. The predicted octanol–water partition coefficient (Wildman–Crippen LogP) is 3.33. The van der Waals surface area contributed by atoms with Gasteiger partial charge in [-0.05, 0) is 43.1 Å². The fraction of sp³-hybridized carbons (Fsp3) is 0.400. The molecule has 1 N–H and O–H groups in total. The Balaban J connectivity index is 1.92. The standard InChI is InChI=1S/C15H18F3N3/c1-11(19-7-6-12-9-20-21(2)10-12)13-4-3-5-14(8-13)15(16,17)18/h3-5,8-11,19H,6-7H2,1-2H3/t11-/m0/s1. The first kappa shape index (κ1) is 15.6. The second kappa shape index (κ2) is 6.30. The van der Waals surface area contributed by atoms with Crippen molar-refractivity contribution < 1.29 is 13.2 Å². The Morgan fingerprint density at radius 1 is 1.33 bits per heavy atom. The highest BCUT2D eigenvalue weighted by Gasteiger charge is 2.30. The van der Waals surface area contributed by atoms with Crippen LogP contribution in [-0.4, -0.2) is 16.3 Å². The number of hydrogen-bond donors (Lipinski definition) is 1. The molecule has 0 unspecified atom stereocenters. The molecule has 1 aromatic carbocycles. The van der Waals surface area contributed by atoms with Crippen LogP contribution in [-0.2, 0) is 19.6 Å². The van der Waals surface area contributed by atoms with Gasteiger partial charge in [0.15, 0.2) is 0 Å². The lowest BCUT2D eigenvalue weighted by Gasteiger charge is -2.16. The SMILES string of the molecule is C[C@H](NCCc1cnn(C)c1)c1cccc(C(F)(F)F)c1. The number of benzene rings is 1. The molecule has 0 saturated heterocycles. The van der Waals surface area contributed by atoms with Crippen LogP contribution in [0.25, 0.3) is 0 Å². The molecule has 0 aliphatic heterocycles. The molecule has 1 atom stereocenters. The van der Waals surface area contributed by atoms with Crippen molar-refractivity contribution in [3.63, 3.8) is 0 Å². The van der Waals surface area contributed by atoms with Crippen LogP contribution >= 0.6 is 0 Å². The molecule has 3 nitrogen and oxygen atoms in total. The van der Waals surface area contributed by atoms with Gasteiger partial charge in [-0.3, -0.25) is 4.68 Å². The van der Waals surface area contributed by atoms with Gasteiger partial charge in [0, 0.05) is 19.3 Å². The molecule has 0 spiro atoms. The number of halogens is 3. The van der Waals surface area contributed by atoms with Gasteiger partial charge in [-0.15, -0.1) is 0 Å². The highest BCUT2D eigenvalue weighted by Crippen LogP contribution is 2.30. The van der Waals surface area contributed by atoms with E-state index in [1.54, 1.807) is 16.9 Å². The zero-order valence-electron chi connectivity index (χ0n) is 12.0. The molecule has 0 amide bonds. The van der Waals surface area contributed by atoms with E-state index in [0.717, 1.165) is 18.1 Å². The monoisotopic (exact) mass is 297 g/mol. The van der Waals surface area contributed by atoms with Crippen molar-refractivity contribution in [2.24, 2.45) is 7.05 Å². The Morgan fingerprint density at radius 3 is 2.71 bits per heavy atom. The molecule has 0 saturated carbocycles. The van der Waals surface area contributed by atoms with E-state index in [-0.39, 0.29) is 6.04 Å². The zero-order chi connectivity index (χ0) is 15.5. The first-order chi connectivity index (χ1) is 9.86. The zero-order valence-corrected chi connectivity index (χ0v) is 12.0. The summed E-state index contributed by atoms with van der Waals surface area (Å²) in [5, 5.41) is 7.31. The van der Waals surface area contributed by atoms with Gasteiger partial charge >= 0.3 is 6.18 Å². The minimum absolute atomic E-state index is 0.135. The number of rotatable bonds is 5. The van der Waals surface area contributed by atoms with Crippen molar-refractivity contribution in [2.75, 3.05) is 6.54 Å². The number of hydrogen-bond acceptors (Lipinski definition) is 2. The first-order valence-electron chi connectivity index (χ1n) is 6.74. The van der Waals surface area contributed by atoms with Crippen LogP contribution < -0.4 is 5.32 Å². The molecule has 0 aliphatic carbocycles. The summed E-state index contributed by atoms with van der Waals surface area (Å²) in [7, 11) is 1.85. The van der Waals surface area contributed by atoms with Crippen LogP contribution in [0.1, 0.15) is 29.7 Å². The highest BCUT2D eigenvalue weighted by atomic mass is 19.4. The van der Waals surface area contributed by atoms with E-state index >= 15 is 0 Å². The molecule has 1 aromatic heterocycles. The summed E-state index contributed by atoms with van der Waals surface area (Å²) < 4.78 is 39.8. The van der Waals surface area contributed by atoms with Gasteiger partial charge in [-0.25, -0.2) is 0 Å². The number of alkyl halides is 3. The molecule has 2 aromatic rings. The normalized spacial score (nSPS) is 13.4. The number of aromatic nitrogens is 2. The maximum absolute atomic E-state index is 12.7. The third-order valence-electron chi connectivity index (χ3n) is 3.34. The lowest BCUT2D eigenvalue weighted by atomic mass is 10.0. The molecule has 0 bridgehead atoms. The number of aryl methyl sites for hydroxylation is 1. The van der Waals surface area contributed by atoms with Gasteiger partial charge in [0.1, 0.15) is 0 Å². The maximum atomic E-state index is 12.7. The topological polar surface area (TPSA) is 29.9 Å². The van der Waals surface area contributed by atoms with E-state index < -0.39 is 11.7 Å². The van der Waals surface area contributed by atoms with Crippen molar-refractivity contribution >= 4 is 0 Å². The summed E-state index contributed by atoms with van der Waals surface area (Å²) in [6.07, 6.45) is 0.204. The van der Waals surface area contributed by atoms with Gasteiger partial charge in [0.2, 0.25) is 0 Å². The van der Waals surface area contributed by atoms with Crippen LogP contribution in [0.3, 0.4) is 0 Å². The second-order valence-electron chi connectivity index (χ2n) is 5.07. The van der Waals surface area contributed by atoms with Crippen molar-refractivity contribution in [3.8, 4) is 0 Å². The molecule has 0 aliphatic rings. The van der Waals surface area contributed by atoms with Crippen molar-refractivity contribution in [1.82, 2.24) is 15.1 Å². The summed E-state index contributed by atoms with van der Waals surface area (Å²) >= 11 is 0. The Labute approximate surface area is 121 Å². The summed E-state index contributed by atoms with van der Waals surface area (Å²) in [6.45, 7) is 2.54. The quantitative estimate of drug-likeness (QED) is 0.917. The second-order valence-corrected chi connectivity index (χ2v) is 5.07. The molecular formula is C15H18F3N3. The average molecular weight is 297 g/mol. The van der Waals surface area contributed by atoms with Crippen molar-refractivity contribution in [3.05, 3.63) is 53.3 Å². The van der Waals surface area contributed by atoms with Gasteiger partial charge < -0.3 is 5.32 Å². The fourth-order valence-electron chi connectivity index (χ4n) is 2.14. The molecule has 114 valence electrons. The molecular weight excluding hydrogens is 279 g/mol. The van der Waals surface area contributed by atoms with Gasteiger partial charge in [-0.1, -0.05) is 12.1 Å². The van der Waals surface area contributed by atoms with Crippen molar-refractivity contribution in [2.45, 2.75) is 25.6 Å². The van der Waals surface area contributed by atoms with Crippen LogP contribution in [0.2, 0.25) is 0 Å². The molecule has 0 fully saturated rings. The Morgan fingerprint density at radius 2 is 2.10 bits per heavy atom. The first-order valence-corrected chi connectivity index (χ1v) is 6.74. The minimum atomic E-state index is -4.30. The van der Waals surface area contributed by atoms with E-state index in [0.29, 0.717) is 12.1 Å². The molecule has 0 radical (unpaired) electrons. The van der Waals surface area contributed by atoms with Crippen LogP contribution in [0.15, 0.2) is 36.7 Å². The van der Waals surface area contributed by atoms with E-state index in [4.69, 9.17) is 0 Å². The van der Waals surface area contributed by atoms with E-state index in [1.807, 2.05) is 20.2 Å². The summed E-state index contributed by atoms with van der Waals surface area (Å²) in [5.74, 6) is 0. The maximum Gasteiger partial charge on any atom is 0.416 e. The van der Waals surface area contributed by atoms with E-state index in [9.17, 15) is 13.2 Å². The lowest BCUT2D eigenvalue weighted by molar-refractivity contribution is -0.137. The smallest absolute Gasteiger partial charge is 0.310 e. The van der Waals surface area contributed by atoms with Crippen molar-refractivity contribution in [1.29, 1.82) is 0 Å². The fourth-order valence-corrected chi connectivity index (χ4v) is 2.14. The summed E-state index contributed by atoms with van der Waals surface area (Å²) in [5.41, 5.74) is 1.12. The Bertz CT molecular complexity index is 590. The lowest BCUT2D eigenvalue weighted by Crippen LogP contribution is -2.21. The van der Waals surface area contributed by atoms with Crippen LogP contribution in [0.4, 0.5) is 13.2 Å². The summed E-state index contributed by atoms with van der Waals surface area (Å²) in [4.78, 5) is 0. The largest absolute Gasteiger partial charge is 0.416 e. The van der Waals surface area contributed by atoms with Gasteiger partial charge in [0.05, 0.1) is 11.8 Å².